The molecule has 0 aromatic heterocycles. The molecule has 0 aliphatic carbocycles. The van der Waals surface area contributed by atoms with Crippen LogP contribution in [0.1, 0.15) is 10.4 Å². The Balaban J connectivity index is 2.52. The van der Waals surface area contributed by atoms with Gasteiger partial charge in [0, 0.05) is 8.95 Å². The average Bonchev–Trinajstić information content (AvgIpc) is 2.44. The van der Waals surface area contributed by atoms with Gasteiger partial charge in [-0.2, -0.15) is 0 Å². The lowest BCUT2D eigenvalue weighted by molar-refractivity contribution is 0.0697. The molecular weight excluding hydrogens is 372 g/mol. The molecule has 0 aliphatic heterocycles. The lowest BCUT2D eigenvalue weighted by Crippen LogP contribution is -1.96. The molecule has 0 amide bonds. The Morgan fingerprint density at radius 1 is 0.842 bits per heavy atom. The molecule has 2 nitrogen and oxygen atoms in total. The maximum atomic E-state index is 11.1. The van der Waals surface area contributed by atoms with Gasteiger partial charge in [-0.05, 0) is 65.5 Å². The van der Waals surface area contributed by atoms with Gasteiger partial charge in [0.15, 0.2) is 0 Å². The first-order chi connectivity index (χ1) is 9.09. The number of benzene rings is 3. The largest absolute Gasteiger partial charge is 0.478 e. The van der Waals surface area contributed by atoms with Gasteiger partial charge in [0.05, 0.1) is 5.56 Å². The monoisotopic (exact) mass is 378 g/mol. The summed E-state index contributed by atoms with van der Waals surface area (Å²) >= 11 is 7.20. The van der Waals surface area contributed by atoms with E-state index in [0.717, 1.165) is 30.5 Å². The molecule has 3 aromatic carbocycles. The van der Waals surface area contributed by atoms with Crippen molar-refractivity contribution in [2.45, 2.75) is 0 Å². The van der Waals surface area contributed by atoms with Crippen LogP contribution in [0.5, 0.6) is 0 Å². The molecule has 0 saturated carbocycles. The molecule has 3 aromatic rings. The van der Waals surface area contributed by atoms with Gasteiger partial charge in [-0.15, -0.1) is 0 Å². The van der Waals surface area contributed by atoms with Gasteiger partial charge in [0.1, 0.15) is 0 Å². The minimum atomic E-state index is -0.918. The molecule has 94 valence electrons. The van der Waals surface area contributed by atoms with Gasteiger partial charge in [0.2, 0.25) is 0 Å². The van der Waals surface area contributed by atoms with E-state index < -0.39 is 5.97 Å². The number of hydrogen-bond acceptors (Lipinski definition) is 1. The summed E-state index contributed by atoms with van der Waals surface area (Å²) in [5.41, 5.74) is 0.287. The number of rotatable bonds is 1. The summed E-state index contributed by atoms with van der Waals surface area (Å²) in [7, 11) is 0. The average molecular weight is 380 g/mol. The first-order valence-electron chi connectivity index (χ1n) is 5.62. The van der Waals surface area contributed by atoms with Crippen LogP contribution in [-0.2, 0) is 0 Å². The topological polar surface area (TPSA) is 37.3 Å². The molecule has 0 heterocycles. The Kier molecular flexibility index (Phi) is 3.07. The summed E-state index contributed by atoms with van der Waals surface area (Å²) < 4.78 is 1.91. The molecule has 4 heteroatoms. The fourth-order valence-electron chi connectivity index (χ4n) is 2.21. The highest BCUT2D eigenvalue weighted by Crippen LogP contribution is 2.39. The van der Waals surface area contributed by atoms with Gasteiger partial charge < -0.3 is 5.11 Å². The predicted octanol–water partition coefficient (Wildman–Crippen LogP) is 5.22. The quantitative estimate of drug-likeness (QED) is 0.589. The van der Waals surface area contributed by atoms with Crippen LogP contribution in [0, 0.1) is 0 Å². The van der Waals surface area contributed by atoms with Crippen molar-refractivity contribution in [2.24, 2.45) is 0 Å². The Hall–Kier alpha value is -1.39. The van der Waals surface area contributed by atoms with Crippen LogP contribution in [-0.4, -0.2) is 11.1 Å². The zero-order valence-corrected chi connectivity index (χ0v) is 12.8. The Bertz CT molecular complexity index is 825. The lowest BCUT2D eigenvalue weighted by Gasteiger charge is -2.10. The number of carboxylic acid groups (broad SMARTS) is 1. The van der Waals surface area contributed by atoms with Crippen molar-refractivity contribution in [3.05, 3.63) is 57.0 Å². The first kappa shape index (κ1) is 12.6. The van der Waals surface area contributed by atoms with Gasteiger partial charge in [-0.3, -0.25) is 0 Å². The van der Waals surface area contributed by atoms with Crippen molar-refractivity contribution in [3.8, 4) is 0 Å². The molecule has 0 spiro atoms. The number of aromatic carboxylic acids is 1. The Labute approximate surface area is 126 Å². The van der Waals surface area contributed by atoms with E-state index in [0.29, 0.717) is 0 Å². The highest BCUT2D eigenvalue weighted by atomic mass is 79.9. The van der Waals surface area contributed by atoms with Crippen LogP contribution in [0.15, 0.2) is 51.4 Å². The lowest BCUT2D eigenvalue weighted by atomic mass is 10.0. The van der Waals surface area contributed by atoms with E-state index in [-0.39, 0.29) is 5.56 Å². The minimum absolute atomic E-state index is 0.287. The smallest absolute Gasteiger partial charge is 0.335 e. The minimum Gasteiger partial charge on any atom is -0.478 e. The second kappa shape index (κ2) is 4.62. The van der Waals surface area contributed by atoms with Crippen molar-refractivity contribution in [1.82, 2.24) is 0 Å². The summed E-state index contributed by atoms with van der Waals surface area (Å²) in [6.45, 7) is 0. The zero-order chi connectivity index (χ0) is 13.6. The molecule has 0 fully saturated rings. The highest BCUT2D eigenvalue weighted by molar-refractivity contribution is 9.11. The fourth-order valence-corrected chi connectivity index (χ4v) is 3.57. The van der Waals surface area contributed by atoms with E-state index in [9.17, 15) is 4.79 Å². The van der Waals surface area contributed by atoms with Crippen LogP contribution in [0.25, 0.3) is 21.5 Å². The Morgan fingerprint density at radius 3 is 1.95 bits per heavy atom. The summed E-state index contributed by atoms with van der Waals surface area (Å²) in [5.74, 6) is -0.918. The molecule has 3 rings (SSSR count). The number of fused-ring (bicyclic) bond motifs is 2. The number of hydrogen-bond donors (Lipinski definition) is 1. The van der Waals surface area contributed by atoms with Gasteiger partial charge in [-0.25, -0.2) is 4.79 Å². The molecule has 0 radical (unpaired) electrons. The van der Waals surface area contributed by atoms with Crippen molar-refractivity contribution in [1.29, 1.82) is 0 Å². The molecule has 1 N–H and O–H groups in total. The number of carboxylic acids is 1. The zero-order valence-electron chi connectivity index (χ0n) is 9.65. The molecule has 0 aliphatic rings. The molecule has 0 unspecified atom stereocenters. The van der Waals surface area contributed by atoms with Crippen molar-refractivity contribution in [2.75, 3.05) is 0 Å². The van der Waals surface area contributed by atoms with E-state index >= 15 is 0 Å². The molecule has 0 atom stereocenters. The third kappa shape index (κ3) is 1.95. The van der Waals surface area contributed by atoms with Gasteiger partial charge in [-0.1, -0.05) is 30.3 Å². The van der Waals surface area contributed by atoms with E-state index in [1.807, 2.05) is 30.3 Å². The summed E-state index contributed by atoms with van der Waals surface area (Å²) in [6, 6.07) is 13.1. The molecule has 0 bridgehead atoms. The van der Waals surface area contributed by atoms with E-state index in [1.54, 1.807) is 12.1 Å². The van der Waals surface area contributed by atoms with Crippen LogP contribution in [0.2, 0.25) is 0 Å². The van der Waals surface area contributed by atoms with E-state index in [1.165, 1.54) is 0 Å². The summed E-state index contributed by atoms with van der Waals surface area (Å²) in [6.07, 6.45) is 0. The normalized spacial score (nSPS) is 11.1. The predicted molar refractivity (Wildman–Crippen MR) is 83.8 cm³/mol. The van der Waals surface area contributed by atoms with Gasteiger partial charge >= 0.3 is 5.97 Å². The van der Waals surface area contributed by atoms with Crippen molar-refractivity contribution in [3.63, 3.8) is 0 Å². The summed E-state index contributed by atoms with van der Waals surface area (Å²) in [4.78, 5) is 11.1. The second-order valence-electron chi connectivity index (χ2n) is 4.24. The summed E-state index contributed by atoms with van der Waals surface area (Å²) in [5, 5.41) is 13.1. The second-order valence-corrected chi connectivity index (χ2v) is 5.83. The van der Waals surface area contributed by atoms with Crippen LogP contribution in [0.3, 0.4) is 0 Å². The maximum Gasteiger partial charge on any atom is 0.335 e. The van der Waals surface area contributed by atoms with Crippen LogP contribution >= 0.6 is 31.9 Å². The van der Waals surface area contributed by atoms with Crippen molar-refractivity contribution < 1.29 is 9.90 Å². The molecule has 0 saturated heterocycles. The standard InChI is InChI=1S/C15H8Br2O2/c16-13-9-3-1-2-4-10(9)14(17)12-7-8(15(18)19)5-6-11(12)13/h1-7H,(H,18,19). The highest BCUT2D eigenvalue weighted by Gasteiger charge is 2.12. The SMILES string of the molecule is O=C(O)c1ccc2c(Br)c3ccccc3c(Br)c2c1. The van der Waals surface area contributed by atoms with E-state index in [2.05, 4.69) is 31.9 Å². The van der Waals surface area contributed by atoms with Gasteiger partial charge in [0.25, 0.3) is 0 Å². The Morgan fingerprint density at radius 2 is 1.37 bits per heavy atom. The van der Waals surface area contributed by atoms with Crippen molar-refractivity contribution >= 4 is 59.4 Å². The van der Waals surface area contributed by atoms with Crippen LogP contribution < -0.4 is 0 Å². The molecule has 19 heavy (non-hydrogen) atoms. The third-order valence-electron chi connectivity index (χ3n) is 3.14. The van der Waals surface area contributed by atoms with E-state index in [4.69, 9.17) is 5.11 Å². The third-order valence-corrected chi connectivity index (χ3v) is 4.85. The number of carbonyl (C=O) groups is 1. The van der Waals surface area contributed by atoms with Crippen LogP contribution in [0.4, 0.5) is 0 Å². The maximum absolute atomic E-state index is 11.1. The first-order valence-corrected chi connectivity index (χ1v) is 7.21. The fraction of sp³-hybridized carbons (Fsp3) is 0. The molecular formula is C15H8Br2O2. The number of halogens is 2.